The van der Waals surface area contributed by atoms with E-state index < -0.39 is 0 Å². The Bertz CT molecular complexity index is 395. The van der Waals surface area contributed by atoms with Crippen molar-refractivity contribution < 1.29 is 0 Å². The van der Waals surface area contributed by atoms with E-state index in [0.717, 1.165) is 30.9 Å². The summed E-state index contributed by atoms with van der Waals surface area (Å²) >= 11 is 11.0. The normalized spacial score (nSPS) is 10.6. The lowest BCUT2D eigenvalue weighted by Crippen LogP contribution is -2.24. The van der Waals surface area contributed by atoms with Gasteiger partial charge in [0, 0.05) is 18.7 Å². The summed E-state index contributed by atoms with van der Waals surface area (Å²) < 4.78 is 0. The van der Waals surface area contributed by atoms with Crippen LogP contribution in [-0.2, 0) is 0 Å². The molecular formula is C12H18ClN3S. The van der Waals surface area contributed by atoms with Gasteiger partial charge in [-0.15, -0.1) is 0 Å². The Labute approximate surface area is 113 Å². The fraction of sp³-hybridized carbons (Fsp3) is 0.417. The van der Waals surface area contributed by atoms with Gasteiger partial charge in [-0.3, -0.25) is 0 Å². The number of nitrogens with one attached hydrogen (secondary N) is 1. The maximum Gasteiger partial charge on any atom is 0.104 e. The van der Waals surface area contributed by atoms with Crippen LogP contribution >= 0.6 is 23.8 Å². The number of hydrogen-bond acceptors (Lipinski definition) is 3. The summed E-state index contributed by atoms with van der Waals surface area (Å²) in [5.74, 6) is 0. The summed E-state index contributed by atoms with van der Waals surface area (Å²) in [5, 5.41) is 3.93. The largest absolute Gasteiger partial charge is 0.389 e. The smallest absolute Gasteiger partial charge is 0.104 e. The first kappa shape index (κ1) is 14.2. The third-order valence-corrected chi connectivity index (χ3v) is 3.15. The van der Waals surface area contributed by atoms with E-state index in [4.69, 9.17) is 29.6 Å². The van der Waals surface area contributed by atoms with Crippen molar-refractivity contribution in [2.45, 2.75) is 6.92 Å². The zero-order valence-corrected chi connectivity index (χ0v) is 11.7. The second-order valence-electron chi connectivity index (χ2n) is 3.88. The summed E-state index contributed by atoms with van der Waals surface area (Å²) in [6.45, 7) is 5.00. The van der Waals surface area contributed by atoms with Crippen LogP contribution < -0.4 is 11.1 Å². The molecule has 0 heterocycles. The minimum absolute atomic E-state index is 0.365. The molecule has 0 aliphatic rings. The monoisotopic (exact) mass is 271 g/mol. The molecule has 0 spiro atoms. The molecule has 1 aromatic rings. The summed E-state index contributed by atoms with van der Waals surface area (Å²) in [7, 11) is 2.08. The van der Waals surface area contributed by atoms with Crippen molar-refractivity contribution in [1.29, 1.82) is 0 Å². The van der Waals surface area contributed by atoms with Crippen LogP contribution in [0.15, 0.2) is 18.2 Å². The van der Waals surface area contributed by atoms with Crippen LogP contribution in [-0.4, -0.2) is 36.6 Å². The fourth-order valence-corrected chi connectivity index (χ4v) is 1.73. The van der Waals surface area contributed by atoms with Crippen molar-refractivity contribution in [2.75, 3.05) is 32.0 Å². The Kier molecular flexibility index (Phi) is 5.68. The number of halogens is 1. The predicted molar refractivity (Wildman–Crippen MR) is 79.0 cm³/mol. The van der Waals surface area contributed by atoms with Crippen LogP contribution in [0.1, 0.15) is 12.5 Å². The van der Waals surface area contributed by atoms with Gasteiger partial charge in [0.2, 0.25) is 0 Å². The average Bonchev–Trinajstić information content (AvgIpc) is 2.30. The summed E-state index contributed by atoms with van der Waals surface area (Å²) in [6.07, 6.45) is 0. The molecular weight excluding hydrogens is 254 g/mol. The van der Waals surface area contributed by atoms with Gasteiger partial charge in [-0.2, -0.15) is 0 Å². The summed E-state index contributed by atoms with van der Waals surface area (Å²) in [4.78, 5) is 2.59. The molecule has 0 aliphatic heterocycles. The molecule has 1 aromatic carbocycles. The lowest BCUT2D eigenvalue weighted by atomic mass is 10.2. The minimum atomic E-state index is 0.365. The molecule has 17 heavy (non-hydrogen) atoms. The maximum absolute atomic E-state index is 6.13. The lowest BCUT2D eigenvalue weighted by molar-refractivity contribution is 0.367. The lowest BCUT2D eigenvalue weighted by Gasteiger charge is -2.15. The highest BCUT2D eigenvalue weighted by Crippen LogP contribution is 2.22. The van der Waals surface area contributed by atoms with Crippen LogP contribution in [0.2, 0.25) is 5.02 Å². The SMILES string of the molecule is CCN(C)CCNc1ccc(C(N)=S)cc1Cl. The molecule has 0 bridgehead atoms. The van der Waals surface area contributed by atoms with Gasteiger partial charge >= 0.3 is 0 Å². The quantitative estimate of drug-likeness (QED) is 0.780. The van der Waals surface area contributed by atoms with Crippen molar-refractivity contribution in [2.24, 2.45) is 5.73 Å². The second kappa shape index (κ2) is 6.79. The first-order valence-electron chi connectivity index (χ1n) is 5.56. The second-order valence-corrected chi connectivity index (χ2v) is 4.73. The predicted octanol–water partition coefficient (Wildman–Crippen LogP) is 2.34. The molecule has 3 N–H and O–H groups in total. The first-order chi connectivity index (χ1) is 8.04. The number of rotatable bonds is 6. The Balaban J connectivity index is 2.57. The highest BCUT2D eigenvalue weighted by Gasteiger charge is 2.03. The molecule has 0 unspecified atom stereocenters. The molecule has 1 rings (SSSR count). The van der Waals surface area contributed by atoms with E-state index >= 15 is 0 Å². The summed E-state index contributed by atoms with van der Waals surface area (Å²) in [6, 6.07) is 5.57. The number of nitrogens with zero attached hydrogens (tertiary/aromatic N) is 1. The van der Waals surface area contributed by atoms with Crippen LogP contribution in [0.5, 0.6) is 0 Å². The van der Waals surface area contributed by atoms with Crippen molar-refractivity contribution in [1.82, 2.24) is 4.90 Å². The number of likely N-dealkylation sites (N-methyl/N-ethyl adjacent to an activating group) is 1. The molecule has 0 aromatic heterocycles. The van der Waals surface area contributed by atoms with Gasteiger partial charge < -0.3 is 16.0 Å². The number of anilines is 1. The standard InChI is InChI=1S/C12H18ClN3S/c1-3-16(2)7-6-15-11-5-4-9(12(14)17)8-10(11)13/h4-5,8,15H,3,6-7H2,1-2H3,(H2,14,17). The Morgan fingerprint density at radius 3 is 2.76 bits per heavy atom. The number of nitrogens with two attached hydrogens (primary N) is 1. The van der Waals surface area contributed by atoms with Crippen molar-refractivity contribution in [3.63, 3.8) is 0 Å². The molecule has 0 fully saturated rings. The van der Waals surface area contributed by atoms with E-state index in [1.165, 1.54) is 0 Å². The van der Waals surface area contributed by atoms with Crippen molar-refractivity contribution >= 4 is 34.5 Å². The van der Waals surface area contributed by atoms with Gasteiger partial charge in [-0.05, 0) is 31.8 Å². The van der Waals surface area contributed by atoms with E-state index in [2.05, 4.69) is 24.2 Å². The minimum Gasteiger partial charge on any atom is -0.389 e. The van der Waals surface area contributed by atoms with Gasteiger partial charge in [0.15, 0.2) is 0 Å². The molecule has 5 heteroatoms. The molecule has 0 amide bonds. The highest BCUT2D eigenvalue weighted by atomic mass is 35.5. The van der Waals surface area contributed by atoms with Gasteiger partial charge in [0.05, 0.1) is 10.7 Å². The van der Waals surface area contributed by atoms with E-state index in [1.807, 2.05) is 12.1 Å². The van der Waals surface area contributed by atoms with Gasteiger partial charge in [-0.1, -0.05) is 30.7 Å². The zero-order valence-electron chi connectivity index (χ0n) is 10.2. The number of hydrogen-bond donors (Lipinski definition) is 2. The van der Waals surface area contributed by atoms with Crippen LogP contribution in [0, 0.1) is 0 Å². The first-order valence-corrected chi connectivity index (χ1v) is 6.35. The van der Waals surface area contributed by atoms with Crippen molar-refractivity contribution in [3.8, 4) is 0 Å². The molecule has 94 valence electrons. The maximum atomic E-state index is 6.13. The fourth-order valence-electron chi connectivity index (χ4n) is 1.35. The van der Waals surface area contributed by atoms with Crippen LogP contribution in [0.3, 0.4) is 0 Å². The van der Waals surface area contributed by atoms with E-state index in [-0.39, 0.29) is 0 Å². The van der Waals surface area contributed by atoms with Gasteiger partial charge in [0.1, 0.15) is 4.99 Å². The molecule has 0 atom stereocenters. The van der Waals surface area contributed by atoms with E-state index in [1.54, 1.807) is 6.07 Å². The molecule has 0 radical (unpaired) electrons. The third-order valence-electron chi connectivity index (χ3n) is 2.60. The summed E-state index contributed by atoms with van der Waals surface area (Å²) in [5.41, 5.74) is 7.24. The van der Waals surface area contributed by atoms with Gasteiger partial charge in [-0.25, -0.2) is 0 Å². The molecule has 0 saturated heterocycles. The Morgan fingerprint density at radius 2 is 2.24 bits per heavy atom. The topological polar surface area (TPSA) is 41.3 Å². The third kappa shape index (κ3) is 4.50. The number of thiocarbonyl (C=S) groups is 1. The Morgan fingerprint density at radius 1 is 1.53 bits per heavy atom. The zero-order chi connectivity index (χ0) is 12.8. The Hall–Kier alpha value is -0.840. The van der Waals surface area contributed by atoms with Crippen molar-refractivity contribution in [3.05, 3.63) is 28.8 Å². The molecule has 3 nitrogen and oxygen atoms in total. The van der Waals surface area contributed by atoms with E-state index in [9.17, 15) is 0 Å². The molecule has 0 aliphatic carbocycles. The van der Waals surface area contributed by atoms with Crippen LogP contribution in [0.4, 0.5) is 5.69 Å². The van der Waals surface area contributed by atoms with Crippen LogP contribution in [0.25, 0.3) is 0 Å². The number of benzene rings is 1. The van der Waals surface area contributed by atoms with E-state index in [0.29, 0.717) is 10.0 Å². The highest BCUT2D eigenvalue weighted by molar-refractivity contribution is 7.80. The molecule has 0 saturated carbocycles. The van der Waals surface area contributed by atoms with Gasteiger partial charge in [0.25, 0.3) is 0 Å². The average molecular weight is 272 g/mol.